The van der Waals surface area contributed by atoms with E-state index in [2.05, 4.69) is 4.98 Å². The maximum atomic E-state index is 12.5. The minimum Gasteiger partial charge on any atom is -0.483 e. The number of rotatable bonds is 5. The van der Waals surface area contributed by atoms with Gasteiger partial charge >= 0.3 is 5.63 Å². The third-order valence-electron chi connectivity index (χ3n) is 4.50. The molecule has 0 bridgehead atoms. The number of fused-ring (bicyclic) bond motifs is 1. The van der Waals surface area contributed by atoms with E-state index in [4.69, 9.17) is 9.15 Å². The third kappa shape index (κ3) is 4.03. The van der Waals surface area contributed by atoms with Gasteiger partial charge in [0.1, 0.15) is 11.3 Å². The quantitative estimate of drug-likeness (QED) is 0.628. The molecule has 0 spiro atoms. The summed E-state index contributed by atoms with van der Waals surface area (Å²) >= 11 is 1.56. The lowest BCUT2D eigenvalue weighted by molar-refractivity contribution is -0.132. The molecule has 0 aliphatic carbocycles. The topological polar surface area (TPSA) is 72.6 Å². The van der Waals surface area contributed by atoms with E-state index in [1.54, 1.807) is 36.3 Å². The molecule has 2 heterocycles. The molecule has 0 atom stereocenters. The fourth-order valence-electron chi connectivity index (χ4n) is 2.86. The Morgan fingerprint density at radius 2 is 1.96 bits per heavy atom. The van der Waals surface area contributed by atoms with E-state index < -0.39 is 0 Å². The summed E-state index contributed by atoms with van der Waals surface area (Å²) in [6.07, 6.45) is 0. The minimum atomic E-state index is -0.356. The van der Waals surface area contributed by atoms with Gasteiger partial charge in [0.05, 0.1) is 22.6 Å². The Morgan fingerprint density at radius 3 is 2.63 bits per heavy atom. The lowest BCUT2D eigenvalue weighted by atomic mass is 10.0. The number of benzene rings is 1. The van der Waals surface area contributed by atoms with Gasteiger partial charge in [0, 0.05) is 18.0 Å². The fraction of sp³-hybridized carbons (Fsp3) is 0.350. The zero-order valence-electron chi connectivity index (χ0n) is 16.1. The summed E-state index contributed by atoms with van der Waals surface area (Å²) in [6.45, 7) is 7.74. The van der Waals surface area contributed by atoms with Crippen LogP contribution in [-0.2, 0) is 11.3 Å². The van der Waals surface area contributed by atoms with Gasteiger partial charge in [-0.1, -0.05) is 0 Å². The largest absolute Gasteiger partial charge is 0.483 e. The SMILES string of the molecule is Cc1cc(OCC(=O)N(C)Cc2csc(C)n2)c2c(C)c(C)c(=O)oc2c1. The summed E-state index contributed by atoms with van der Waals surface area (Å²) in [5.74, 6) is 0.391. The van der Waals surface area contributed by atoms with Crippen molar-refractivity contribution in [3.63, 3.8) is 0 Å². The number of nitrogens with zero attached hydrogens (tertiary/aromatic N) is 2. The molecule has 0 aliphatic heterocycles. The van der Waals surface area contributed by atoms with Gasteiger partial charge < -0.3 is 14.1 Å². The van der Waals surface area contributed by atoms with E-state index in [9.17, 15) is 9.59 Å². The van der Waals surface area contributed by atoms with Crippen LogP contribution in [0.1, 0.15) is 27.4 Å². The second-order valence-corrected chi connectivity index (χ2v) is 7.73. The first-order chi connectivity index (χ1) is 12.8. The lowest BCUT2D eigenvalue weighted by Gasteiger charge is -2.17. The van der Waals surface area contributed by atoms with Crippen molar-refractivity contribution in [2.75, 3.05) is 13.7 Å². The molecule has 0 saturated carbocycles. The Morgan fingerprint density at radius 1 is 1.22 bits per heavy atom. The van der Waals surface area contributed by atoms with E-state index in [0.29, 0.717) is 23.4 Å². The summed E-state index contributed by atoms with van der Waals surface area (Å²) in [6, 6.07) is 3.65. The minimum absolute atomic E-state index is 0.101. The van der Waals surface area contributed by atoms with E-state index in [1.165, 1.54) is 0 Å². The molecular weight excluding hydrogens is 364 g/mol. The van der Waals surface area contributed by atoms with Crippen LogP contribution in [0.5, 0.6) is 5.75 Å². The average molecular weight is 386 g/mol. The number of amides is 1. The molecular formula is C20H22N2O4S. The number of carbonyl (C=O) groups excluding carboxylic acids is 1. The molecule has 27 heavy (non-hydrogen) atoms. The maximum absolute atomic E-state index is 12.5. The molecule has 0 unspecified atom stereocenters. The van der Waals surface area contributed by atoms with Crippen LogP contribution >= 0.6 is 11.3 Å². The number of likely N-dealkylation sites (N-methyl/N-ethyl adjacent to an activating group) is 1. The highest BCUT2D eigenvalue weighted by atomic mass is 32.1. The van der Waals surface area contributed by atoms with Crippen molar-refractivity contribution in [3.8, 4) is 5.75 Å². The Kier molecular flexibility index (Phi) is 5.32. The number of hydrogen-bond donors (Lipinski definition) is 0. The van der Waals surface area contributed by atoms with E-state index >= 15 is 0 Å². The summed E-state index contributed by atoms with van der Waals surface area (Å²) in [7, 11) is 1.73. The zero-order valence-corrected chi connectivity index (χ0v) is 16.9. The summed E-state index contributed by atoms with van der Waals surface area (Å²) in [4.78, 5) is 30.4. The van der Waals surface area contributed by atoms with Gasteiger partial charge in [0.25, 0.3) is 5.91 Å². The summed E-state index contributed by atoms with van der Waals surface area (Å²) in [5.41, 5.74) is 3.21. The number of ether oxygens (including phenoxy) is 1. The van der Waals surface area contributed by atoms with Crippen molar-refractivity contribution >= 4 is 28.2 Å². The first kappa shape index (κ1) is 19.1. The van der Waals surface area contributed by atoms with Crippen LogP contribution in [-0.4, -0.2) is 29.4 Å². The van der Waals surface area contributed by atoms with Crippen molar-refractivity contribution in [3.05, 3.63) is 55.3 Å². The predicted octanol–water partition coefficient (Wildman–Crippen LogP) is 3.52. The first-order valence-corrected chi connectivity index (χ1v) is 9.46. The van der Waals surface area contributed by atoms with Gasteiger partial charge in [-0.25, -0.2) is 9.78 Å². The molecule has 1 amide bonds. The van der Waals surface area contributed by atoms with Gasteiger partial charge in [-0.05, 0) is 51.0 Å². The van der Waals surface area contributed by atoms with Crippen molar-refractivity contribution in [1.82, 2.24) is 9.88 Å². The zero-order chi connectivity index (χ0) is 19.7. The van der Waals surface area contributed by atoms with Crippen molar-refractivity contribution < 1.29 is 13.9 Å². The van der Waals surface area contributed by atoms with Crippen LogP contribution in [0.2, 0.25) is 0 Å². The number of thiazole rings is 1. The van der Waals surface area contributed by atoms with Gasteiger partial charge in [-0.2, -0.15) is 0 Å². The standard InChI is InChI=1S/C20H22N2O4S/c1-11-6-16(19-12(2)13(3)20(24)26-17(19)7-11)25-9-18(23)22(5)8-15-10-27-14(4)21-15/h6-7,10H,8-9H2,1-5H3. The number of aromatic nitrogens is 1. The van der Waals surface area contributed by atoms with Crippen molar-refractivity contribution in [2.24, 2.45) is 0 Å². The van der Waals surface area contributed by atoms with E-state index in [1.807, 2.05) is 32.2 Å². The second kappa shape index (κ2) is 7.52. The van der Waals surface area contributed by atoms with Crippen LogP contribution < -0.4 is 10.4 Å². The number of carbonyl (C=O) groups is 1. The highest BCUT2D eigenvalue weighted by molar-refractivity contribution is 7.09. The van der Waals surface area contributed by atoms with E-state index in [-0.39, 0.29) is 18.1 Å². The van der Waals surface area contributed by atoms with E-state index in [0.717, 1.165) is 27.2 Å². The van der Waals surface area contributed by atoms with Crippen LogP contribution in [0.3, 0.4) is 0 Å². The third-order valence-corrected chi connectivity index (χ3v) is 5.32. The Balaban J connectivity index is 1.81. The van der Waals surface area contributed by atoms with Crippen LogP contribution in [0, 0.1) is 27.7 Å². The first-order valence-electron chi connectivity index (χ1n) is 8.58. The van der Waals surface area contributed by atoms with Crippen molar-refractivity contribution in [2.45, 2.75) is 34.2 Å². The molecule has 0 N–H and O–H groups in total. The Bertz CT molecular complexity index is 1070. The molecule has 7 heteroatoms. The predicted molar refractivity (Wildman–Crippen MR) is 106 cm³/mol. The molecule has 2 aromatic heterocycles. The summed E-state index contributed by atoms with van der Waals surface area (Å²) in [5, 5.41) is 3.64. The number of aryl methyl sites for hydroxylation is 3. The molecule has 1 aromatic carbocycles. The molecule has 142 valence electrons. The Hall–Kier alpha value is -2.67. The highest BCUT2D eigenvalue weighted by Gasteiger charge is 2.16. The van der Waals surface area contributed by atoms with Gasteiger partial charge in [-0.3, -0.25) is 4.79 Å². The van der Waals surface area contributed by atoms with Gasteiger partial charge in [-0.15, -0.1) is 11.3 Å². The van der Waals surface area contributed by atoms with Crippen molar-refractivity contribution in [1.29, 1.82) is 0 Å². The fourth-order valence-corrected chi connectivity index (χ4v) is 3.47. The normalized spacial score (nSPS) is 11.0. The molecule has 0 fully saturated rings. The molecule has 3 rings (SSSR count). The van der Waals surface area contributed by atoms with Gasteiger partial charge in [0.15, 0.2) is 6.61 Å². The molecule has 3 aromatic rings. The number of hydrogen-bond acceptors (Lipinski definition) is 6. The average Bonchev–Trinajstić information content (AvgIpc) is 3.01. The van der Waals surface area contributed by atoms with Gasteiger partial charge in [0.2, 0.25) is 0 Å². The molecule has 0 aliphatic rings. The maximum Gasteiger partial charge on any atom is 0.339 e. The second-order valence-electron chi connectivity index (χ2n) is 6.67. The molecule has 0 radical (unpaired) electrons. The molecule has 6 nitrogen and oxygen atoms in total. The van der Waals surface area contributed by atoms with Crippen LogP contribution in [0.25, 0.3) is 11.0 Å². The summed E-state index contributed by atoms with van der Waals surface area (Å²) < 4.78 is 11.2. The monoisotopic (exact) mass is 386 g/mol. The lowest BCUT2D eigenvalue weighted by Crippen LogP contribution is -2.31. The Labute approximate surface area is 161 Å². The highest BCUT2D eigenvalue weighted by Crippen LogP contribution is 2.30. The van der Waals surface area contributed by atoms with Crippen LogP contribution in [0.15, 0.2) is 26.7 Å². The van der Waals surface area contributed by atoms with Crippen LogP contribution in [0.4, 0.5) is 0 Å². The molecule has 0 saturated heterocycles. The smallest absolute Gasteiger partial charge is 0.339 e.